The zero-order valence-electron chi connectivity index (χ0n) is 10.5. The molecule has 2 aromatic rings. The summed E-state index contributed by atoms with van der Waals surface area (Å²) in [5, 5.41) is 3.12. The van der Waals surface area contributed by atoms with Gasteiger partial charge in [0, 0.05) is 12.3 Å². The molecule has 2 aromatic heterocycles. The molecule has 2 rings (SSSR count). The second-order valence-corrected chi connectivity index (χ2v) is 4.03. The van der Waals surface area contributed by atoms with Crippen molar-refractivity contribution in [1.29, 1.82) is 0 Å². The molecule has 94 valence electrons. The number of aryl methyl sites for hydroxylation is 2. The van der Waals surface area contributed by atoms with Crippen LogP contribution in [0.2, 0.25) is 0 Å². The number of nitrogens with one attached hydrogen (secondary N) is 2. The van der Waals surface area contributed by atoms with Crippen LogP contribution < -0.4 is 10.9 Å². The summed E-state index contributed by atoms with van der Waals surface area (Å²) in [6.07, 6.45) is 2.71. The lowest BCUT2D eigenvalue weighted by molar-refractivity contribution is 0.947. The smallest absolute Gasteiger partial charge is 0.252 e. The first-order valence-corrected chi connectivity index (χ1v) is 5.93. The lowest BCUT2D eigenvalue weighted by Gasteiger charge is -2.08. The summed E-state index contributed by atoms with van der Waals surface area (Å²) in [7, 11) is 0. The quantitative estimate of drug-likeness (QED) is 0.858. The highest BCUT2D eigenvalue weighted by atomic mass is 16.1. The van der Waals surface area contributed by atoms with E-state index < -0.39 is 0 Å². The lowest BCUT2D eigenvalue weighted by Crippen LogP contribution is -2.12. The SMILES string of the molecule is CCc1cccnc1CNc1cc(=O)[nH]c(C)n1. The predicted molar refractivity (Wildman–Crippen MR) is 70.5 cm³/mol. The number of rotatable bonds is 4. The van der Waals surface area contributed by atoms with Crippen LogP contribution in [0.15, 0.2) is 29.2 Å². The van der Waals surface area contributed by atoms with Gasteiger partial charge in [0.2, 0.25) is 0 Å². The Morgan fingerprint density at radius 1 is 1.44 bits per heavy atom. The highest BCUT2D eigenvalue weighted by Crippen LogP contribution is 2.08. The number of nitrogens with zero attached hydrogens (tertiary/aromatic N) is 2. The van der Waals surface area contributed by atoms with Gasteiger partial charge in [-0.2, -0.15) is 0 Å². The summed E-state index contributed by atoms with van der Waals surface area (Å²) in [5.74, 6) is 1.17. The van der Waals surface area contributed by atoms with Gasteiger partial charge in [-0.25, -0.2) is 4.98 Å². The minimum atomic E-state index is -0.151. The summed E-state index contributed by atoms with van der Waals surface area (Å²) in [4.78, 5) is 22.4. The Labute approximate surface area is 105 Å². The van der Waals surface area contributed by atoms with Gasteiger partial charge in [-0.05, 0) is 25.0 Å². The van der Waals surface area contributed by atoms with Crippen molar-refractivity contribution in [2.24, 2.45) is 0 Å². The summed E-state index contributed by atoms with van der Waals surface area (Å²) in [6, 6.07) is 5.43. The Kier molecular flexibility index (Phi) is 3.72. The minimum absolute atomic E-state index is 0.151. The Bertz CT molecular complexity index is 592. The molecule has 0 saturated heterocycles. The molecule has 0 saturated carbocycles. The molecule has 5 nitrogen and oxygen atoms in total. The highest BCUT2D eigenvalue weighted by molar-refractivity contribution is 5.34. The molecule has 0 unspecified atom stereocenters. The van der Waals surface area contributed by atoms with Crippen molar-refractivity contribution in [2.45, 2.75) is 26.8 Å². The van der Waals surface area contributed by atoms with Crippen LogP contribution in [0.3, 0.4) is 0 Å². The zero-order chi connectivity index (χ0) is 13.0. The van der Waals surface area contributed by atoms with Gasteiger partial charge in [-0.1, -0.05) is 13.0 Å². The first-order valence-electron chi connectivity index (χ1n) is 5.93. The van der Waals surface area contributed by atoms with Gasteiger partial charge in [0.1, 0.15) is 11.6 Å². The highest BCUT2D eigenvalue weighted by Gasteiger charge is 2.02. The molecule has 0 bridgehead atoms. The molecule has 0 aliphatic rings. The second kappa shape index (κ2) is 5.44. The third-order valence-electron chi connectivity index (χ3n) is 2.66. The van der Waals surface area contributed by atoms with E-state index in [-0.39, 0.29) is 5.56 Å². The Morgan fingerprint density at radius 3 is 3.00 bits per heavy atom. The number of pyridine rings is 1. The van der Waals surface area contributed by atoms with Crippen LogP contribution in [-0.4, -0.2) is 15.0 Å². The summed E-state index contributed by atoms with van der Waals surface area (Å²) in [6.45, 7) is 4.42. The van der Waals surface area contributed by atoms with Crippen LogP contribution in [0, 0.1) is 6.92 Å². The largest absolute Gasteiger partial charge is 0.364 e. The monoisotopic (exact) mass is 244 g/mol. The van der Waals surface area contributed by atoms with Gasteiger partial charge >= 0.3 is 0 Å². The fourth-order valence-corrected chi connectivity index (χ4v) is 1.80. The van der Waals surface area contributed by atoms with Gasteiger partial charge in [-0.15, -0.1) is 0 Å². The van der Waals surface area contributed by atoms with Gasteiger partial charge in [-0.3, -0.25) is 9.78 Å². The van der Waals surface area contributed by atoms with Crippen LogP contribution in [0.25, 0.3) is 0 Å². The molecule has 0 aliphatic carbocycles. The Morgan fingerprint density at radius 2 is 2.28 bits per heavy atom. The molecule has 2 N–H and O–H groups in total. The average Bonchev–Trinajstić information content (AvgIpc) is 2.35. The van der Waals surface area contributed by atoms with Gasteiger partial charge in [0.15, 0.2) is 0 Å². The third kappa shape index (κ3) is 2.94. The van der Waals surface area contributed by atoms with Crippen molar-refractivity contribution in [2.75, 3.05) is 5.32 Å². The molecule has 0 radical (unpaired) electrons. The minimum Gasteiger partial charge on any atom is -0.364 e. The van der Waals surface area contributed by atoms with Gasteiger partial charge in [0.25, 0.3) is 5.56 Å². The Hall–Kier alpha value is -2.17. The van der Waals surface area contributed by atoms with E-state index in [0.717, 1.165) is 12.1 Å². The predicted octanol–water partition coefficient (Wildman–Crippen LogP) is 1.65. The van der Waals surface area contributed by atoms with E-state index in [1.807, 2.05) is 6.07 Å². The summed E-state index contributed by atoms with van der Waals surface area (Å²) < 4.78 is 0. The maximum absolute atomic E-state index is 11.3. The van der Waals surface area contributed by atoms with Crippen molar-refractivity contribution in [1.82, 2.24) is 15.0 Å². The topological polar surface area (TPSA) is 70.7 Å². The van der Waals surface area contributed by atoms with Crippen molar-refractivity contribution >= 4 is 5.82 Å². The van der Waals surface area contributed by atoms with Crippen molar-refractivity contribution in [3.63, 3.8) is 0 Å². The molecule has 0 atom stereocenters. The molecule has 0 aromatic carbocycles. The van der Waals surface area contributed by atoms with E-state index in [1.165, 1.54) is 11.6 Å². The van der Waals surface area contributed by atoms with Crippen molar-refractivity contribution < 1.29 is 0 Å². The molecule has 0 amide bonds. The van der Waals surface area contributed by atoms with E-state index >= 15 is 0 Å². The first-order chi connectivity index (χ1) is 8.69. The summed E-state index contributed by atoms with van der Waals surface area (Å²) in [5.41, 5.74) is 2.04. The maximum atomic E-state index is 11.3. The van der Waals surface area contributed by atoms with Crippen LogP contribution in [-0.2, 0) is 13.0 Å². The number of H-pyrrole nitrogens is 1. The molecule has 5 heteroatoms. The normalized spacial score (nSPS) is 10.3. The van der Waals surface area contributed by atoms with E-state index in [9.17, 15) is 4.79 Å². The van der Waals surface area contributed by atoms with Crippen LogP contribution in [0.1, 0.15) is 24.0 Å². The fourth-order valence-electron chi connectivity index (χ4n) is 1.80. The third-order valence-corrected chi connectivity index (χ3v) is 2.66. The fraction of sp³-hybridized carbons (Fsp3) is 0.308. The lowest BCUT2D eigenvalue weighted by atomic mass is 10.1. The average molecular weight is 244 g/mol. The number of hydrogen-bond acceptors (Lipinski definition) is 4. The van der Waals surface area contributed by atoms with E-state index in [0.29, 0.717) is 18.2 Å². The summed E-state index contributed by atoms with van der Waals surface area (Å²) >= 11 is 0. The molecule has 18 heavy (non-hydrogen) atoms. The number of hydrogen-bond donors (Lipinski definition) is 2. The van der Waals surface area contributed by atoms with Crippen molar-refractivity contribution in [3.8, 4) is 0 Å². The van der Waals surface area contributed by atoms with Crippen LogP contribution in [0.5, 0.6) is 0 Å². The molecular formula is C13H16N4O. The molecule has 0 aliphatic heterocycles. The maximum Gasteiger partial charge on any atom is 0.252 e. The van der Waals surface area contributed by atoms with Crippen molar-refractivity contribution in [3.05, 3.63) is 51.8 Å². The van der Waals surface area contributed by atoms with E-state index in [2.05, 4.69) is 33.3 Å². The van der Waals surface area contributed by atoms with Crippen LogP contribution >= 0.6 is 0 Å². The van der Waals surface area contributed by atoms with Crippen LogP contribution in [0.4, 0.5) is 5.82 Å². The number of aromatic nitrogens is 3. The zero-order valence-corrected chi connectivity index (χ0v) is 10.5. The Balaban J connectivity index is 2.13. The number of anilines is 1. The molecule has 0 fully saturated rings. The standard InChI is InChI=1S/C13H16N4O/c1-3-10-5-4-6-14-11(10)8-15-12-7-13(18)17-9(2)16-12/h4-7H,3,8H2,1-2H3,(H2,15,16,17,18). The first kappa shape index (κ1) is 12.3. The molecule has 2 heterocycles. The second-order valence-electron chi connectivity index (χ2n) is 4.03. The van der Waals surface area contributed by atoms with E-state index in [1.54, 1.807) is 13.1 Å². The van der Waals surface area contributed by atoms with E-state index in [4.69, 9.17) is 0 Å². The molecular weight excluding hydrogens is 228 g/mol. The number of aromatic amines is 1. The van der Waals surface area contributed by atoms with Gasteiger partial charge in [0.05, 0.1) is 12.2 Å². The van der Waals surface area contributed by atoms with Gasteiger partial charge < -0.3 is 10.3 Å². The molecule has 0 spiro atoms.